The molecule has 0 aliphatic carbocycles. The zero-order valence-electron chi connectivity index (χ0n) is 13.5. The minimum atomic E-state index is -0.232. The summed E-state index contributed by atoms with van der Waals surface area (Å²) in [5.74, 6) is 0.958. The van der Waals surface area contributed by atoms with Gasteiger partial charge in [0.15, 0.2) is 0 Å². The van der Waals surface area contributed by atoms with Crippen LogP contribution in [0.5, 0.6) is 5.75 Å². The monoisotopic (exact) mass is 480 g/mol. The van der Waals surface area contributed by atoms with E-state index in [4.69, 9.17) is 16.3 Å². The summed E-state index contributed by atoms with van der Waals surface area (Å²) in [6, 6.07) is 13.4. The lowest BCUT2D eigenvalue weighted by Gasteiger charge is -2.24. The van der Waals surface area contributed by atoms with Crippen LogP contribution in [0.1, 0.15) is 23.6 Å². The van der Waals surface area contributed by atoms with E-state index >= 15 is 0 Å². The minimum absolute atomic E-state index is 0.0920. The van der Waals surface area contributed by atoms with Gasteiger partial charge in [-0.1, -0.05) is 29.8 Å². The van der Waals surface area contributed by atoms with E-state index < -0.39 is 0 Å². The average Bonchev–Trinajstić information content (AvgIpc) is 3.09. The fourth-order valence-electron chi connectivity index (χ4n) is 2.85. The van der Waals surface area contributed by atoms with Crippen molar-refractivity contribution in [2.75, 3.05) is 5.32 Å². The van der Waals surface area contributed by atoms with Gasteiger partial charge in [0.05, 0.1) is 17.5 Å². The van der Waals surface area contributed by atoms with Crippen LogP contribution in [0.2, 0.25) is 5.02 Å². The van der Waals surface area contributed by atoms with Gasteiger partial charge in [-0.15, -0.1) is 0 Å². The van der Waals surface area contributed by atoms with Crippen molar-refractivity contribution in [3.8, 4) is 5.75 Å². The fourth-order valence-corrected chi connectivity index (χ4v) is 3.45. The van der Waals surface area contributed by atoms with E-state index in [-0.39, 0.29) is 18.4 Å². The van der Waals surface area contributed by atoms with E-state index in [1.54, 1.807) is 4.68 Å². The highest BCUT2D eigenvalue weighted by Crippen LogP contribution is 2.33. The molecule has 1 aromatic heterocycles. The van der Waals surface area contributed by atoms with Gasteiger partial charge in [0.25, 0.3) is 0 Å². The molecule has 1 N–H and O–H groups in total. The molecule has 0 unspecified atom stereocenters. The van der Waals surface area contributed by atoms with E-state index in [0.29, 0.717) is 23.3 Å². The van der Waals surface area contributed by atoms with E-state index in [1.807, 2.05) is 42.5 Å². The summed E-state index contributed by atoms with van der Waals surface area (Å²) in [5.41, 5.74) is 1.96. The van der Waals surface area contributed by atoms with Gasteiger partial charge in [0.2, 0.25) is 11.9 Å². The Balaban J connectivity index is 1.53. The smallest absolute Gasteiger partial charge is 0.229 e. The number of carbonyl (C=O) groups excluding carboxylic acids is 1. The predicted molar refractivity (Wildman–Crippen MR) is 106 cm³/mol. The summed E-state index contributed by atoms with van der Waals surface area (Å²) < 4.78 is 8.70. The first-order valence-electron chi connectivity index (χ1n) is 7.96. The van der Waals surface area contributed by atoms with E-state index in [9.17, 15) is 4.79 Å². The van der Waals surface area contributed by atoms with E-state index in [1.165, 1.54) is 9.90 Å². The van der Waals surface area contributed by atoms with Crippen molar-refractivity contribution in [2.45, 2.75) is 19.1 Å². The molecule has 132 valence electrons. The second kappa shape index (κ2) is 7.24. The first-order valence-corrected chi connectivity index (χ1v) is 9.42. The summed E-state index contributed by atoms with van der Waals surface area (Å²) in [6.07, 6.45) is 1.71. The molecule has 0 saturated heterocycles. The molecule has 3 aromatic rings. The highest BCUT2D eigenvalue weighted by molar-refractivity contribution is 14.1. The Morgan fingerprint density at radius 2 is 2.08 bits per heavy atom. The molecule has 1 amide bonds. The lowest BCUT2D eigenvalue weighted by molar-refractivity contribution is -0.117. The van der Waals surface area contributed by atoms with E-state index in [2.05, 4.69) is 38.0 Å². The molecule has 2 heterocycles. The maximum atomic E-state index is 11.9. The standard InChI is InChI=1S/C18H14ClIN4O2/c19-14-7-12(15-8-17(25)23-18-21-10-22-24(15)18)3-6-16(14)26-9-11-1-4-13(20)5-2-11/h1-7,10,15H,8-9H2,(H,21,22,23,25)/t15-/m1/s1. The number of aromatic nitrogens is 3. The Kier molecular flexibility index (Phi) is 4.82. The van der Waals surface area contributed by atoms with Crippen molar-refractivity contribution in [3.63, 3.8) is 0 Å². The highest BCUT2D eigenvalue weighted by Gasteiger charge is 2.28. The molecule has 4 rings (SSSR count). The van der Waals surface area contributed by atoms with Gasteiger partial charge in [-0.25, -0.2) is 4.68 Å². The van der Waals surface area contributed by atoms with Crippen LogP contribution in [0.4, 0.5) is 5.95 Å². The Bertz CT molecular complexity index is 958. The third kappa shape index (κ3) is 3.54. The number of anilines is 1. The maximum Gasteiger partial charge on any atom is 0.229 e. The zero-order chi connectivity index (χ0) is 18.1. The van der Waals surface area contributed by atoms with Gasteiger partial charge < -0.3 is 4.74 Å². The van der Waals surface area contributed by atoms with Crippen LogP contribution >= 0.6 is 34.2 Å². The number of nitrogens with one attached hydrogen (secondary N) is 1. The summed E-state index contributed by atoms with van der Waals surface area (Å²) in [4.78, 5) is 15.9. The van der Waals surface area contributed by atoms with Crippen LogP contribution in [-0.2, 0) is 11.4 Å². The first kappa shape index (κ1) is 17.3. The summed E-state index contributed by atoms with van der Waals surface area (Å²) in [6.45, 7) is 0.440. The summed E-state index contributed by atoms with van der Waals surface area (Å²) in [5, 5.41) is 7.40. The topological polar surface area (TPSA) is 69.0 Å². The molecular weight excluding hydrogens is 467 g/mol. The number of ether oxygens (including phenoxy) is 1. The average molecular weight is 481 g/mol. The number of nitrogens with zero attached hydrogens (tertiary/aromatic N) is 3. The molecular formula is C18H14ClIN4O2. The largest absolute Gasteiger partial charge is 0.487 e. The van der Waals surface area contributed by atoms with E-state index in [0.717, 1.165) is 11.1 Å². The Morgan fingerprint density at radius 3 is 2.85 bits per heavy atom. The van der Waals surface area contributed by atoms with Crippen molar-refractivity contribution in [3.05, 3.63) is 68.5 Å². The lowest BCUT2D eigenvalue weighted by atomic mass is 10.0. The Labute approximate surface area is 168 Å². The number of fused-ring (bicyclic) bond motifs is 1. The van der Waals surface area contributed by atoms with Crippen molar-refractivity contribution in [1.82, 2.24) is 14.8 Å². The summed E-state index contributed by atoms with van der Waals surface area (Å²) in [7, 11) is 0. The molecule has 0 saturated carbocycles. The number of hydrogen-bond donors (Lipinski definition) is 1. The number of benzene rings is 2. The normalized spacial score (nSPS) is 16.1. The minimum Gasteiger partial charge on any atom is -0.487 e. The van der Waals surface area contributed by atoms with Crippen LogP contribution in [0.3, 0.4) is 0 Å². The number of amides is 1. The van der Waals surface area contributed by atoms with Crippen molar-refractivity contribution < 1.29 is 9.53 Å². The molecule has 2 aromatic carbocycles. The molecule has 0 fully saturated rings. The molecule has 0 radical (unpaired) electrons. The molecule has 26 heavy (non-hydrogen) atoms. The third-order valence-electron chi connectivity index (χ3n) is 4.15. The molecule has 6 nitrogen and oxygen atoms in total. The van der Waals surface area contributed by atoms with Crippen molar-refractivity contribution in [1.29, 1.82) is 0 Å². The molecule has 1 aliphatic rings. The van der Waals surface area contributed by atoms with Gasteiger partial charge in [0, 0.05) is 3.57 Å². The maximum absolute atomic E-state index is 11.9. The molecule has 0 bridgehead atoms. The predicted octanol–water partition coefficient (Wildman–Crippen LogP) is 4.05. The van der Waals surface area contributed by atoms with Gasteiger partial charge in [-0.3, -0.25) is 10.1 Å². The van der Waals surface area contributed by atoms with Crippen molar-refractivity contribution in [2.24, 2.45) is 0 Å². The lowest BCUT2D eigenvalue weighted by Crippen LogP contribution is -2.29. The number of hydrogen-bond acceptors (Lipinski definition) is 4. The van der Waals surface area contributed by atoms with Gasteiger partial charge in [-0.2, -0.15) is 10.1 Å². The SMILES string of the molecule is O=C1C[C@H](c2ccc(OCc3ccc(I)cc3)c(Cl)c2)n2ncnc2N1. The van der Waals surface area contributed by atoms with Gasteiger partial charge in [0.1, 0.15) is 18.7 Å². The molecule has 0 spiro atoms. The van der Waals surface area contributed by atoms with Crippen molar-refractivity contribution >= 4 is 46.0 Å². The number of carbonyl (C=O) groups is 1. The Hall–Kier alpha value is -2.13. The highest BCUT2D eigenvalue weighted by atomic mass is 127. The second-order valence-electron chi connectivity index (χ2n) is 5.90. The molecule has 1 atom stereocenters. The Morgan fingerprint density at radius 1 is 1.27 bits per heavy atom. The van der Waals surface area contributed by atoms with Crippen LogP contribution in [-0.4, -0.2) is 20.7 Å². The summed E-state index contributed by atoms with van der Waals surface area (Å²) >= 11 is 8.67. The number of halogens is 2. The quantitative estimate of drug-likeness (QED) is 0.572. The molecule has 1 aliphatic heterocycles. The van der Waals surface area contributed by atoms with Gasteiger partial charge in [-0.05, 0) is 58.0 Å². The van der Waals surface area contributed by atoms with Gasteiger partial charge >= 0.3 is 0 Å². The fraction of sp³-hybridized carbons (Fsp3) is 0.167. The second-order valence-corrected chi connectivity index (χ2v) is 7.55. The van der Waals surface area contributed by atoms with Crippen LogP contribution < -0.4 is 10.1 Å². The van der Waals surface area contributed by atoms with Crippen LogP contribution in [0.25, 0.3) is 0 Å². The van der Waals surface area contributed by atoms with Crippen LogP contribution in [0, 0.1) is 3.57 Å². The number of rotatable bonds is 4. The zero-order valence-corrected chi connectivity index (χ0v) is 16.4. The molecule has 8 heteroatoms. The van der Waals surface area contributed by atoms with Crippen LogP contribution in [0.15, 0.2) is 48.8 Å². The first-order chi connectivity index (χ1) is 12.6. The third-order valence-corrected chi connectivity index (χ3v) is 5.16.